The van der Waals surface area contributed by atoms with E-state index in [1.165, 1.54) is 0 Å². The molecule has 5 heteroatoms. The van der Waals surface area contributed by atoms with E-state index in [0.717, 1.165) is 49.2 Å². The lowest BCUT2D eigenvalue weighted by atomic mass is 9.77. The molecular formula is C22H25N3O2. The van der Waals surface area contributed by atoms with Gasteiger partial charge in [-0.3, -0.25) is 14.6 Å². The molecule has 0 unspecified atom stereocenters. The minimum absolute atomic E-state index is 0.0205. The van der Waals surface area contributed by atoms with Crippen LogP contribution in [0.15, 0.2) is 48.8 Å². The van der Waals surface area contributed by atoms with E-state index in [2.05, 4.69) is 4.98 Å². The third-order valence-electron chi connectivity index (χ3n) is 6.01. The van der Waals surface area contributed by atoms with Crippen LogP contribution in [0.1, 0.15) is 40.7 Å². The highest BCUT2D eigenvalue weighted by Crippen LogP contribution is 2.41. The minimum Gasteiger partial charge on any atom is -0.339 e. The maximum atomic E-state index is 12.8. The number of nitrogens with zero attached hydrogens (tertiary/aromatic N) is 3. The molecule has 27 heavy (non-hydrogen) atoms. The van der Waals surface area contributed by atoms with Crippen LogP contribution in [-0.2, 0) is 11.3 Å². The molecule has 0 radical (unpaired) electrons. The van der Waals surface area contributed by atoms with Gasteiger partial charge in [0.05, 0.1) is 0 Å². The topological polar surface area (TPSA) is 53.5 Å². The molecule has 2 aromatic rings. The molecule has 1 spiro atoms. The van der Waals surface area contributed by atoms with Gasteiger partial charge in [-0.15, -0.1) is 0 Å². The molecule has 2 fully saturated rings. The number of carbonyl (C=O) groups excluding carboxylic acids is 2. The molecule has 140 valence electrons. The maximum absolute atomic E-state index is 12.8. The van der Waals surface area contributed by atoms with Crippen molar-refractivity contribution in [3.63, 3.8) is 0 Å². The van der Waals surface area contributed by atoms with E-state index in [-0.39, 0.29) is 17.2 Å². The summed E-state index contributed by atoms with van der Waals surface area (Å²) >= 11 is 0. The molecule has 5 nitrogen and oxygen atoms in total. The molecule has 0 atom stereocenters. The van der Waals surface area contributed by atoms with E-state index in [1.807, 2.05) is 53.1 Å². The van der Waals surface area contributed by atoms with Crippen molar-refractivity contribution in [2.75, 3.05) is 19.6 Å². The summed E-state index contributed by atoms with van der Waals surface area (Å²) in [5.41, 5.74) is 2.94. The summed E-state index contributed by atoms with van der Waals surface area (Å²) in [6, 6.07) is 11.7. The van der Waals surface area contributed by atoms with Crippen LogP contribution in [-0.4, -0.2) is 46.2 Å². The van der Waals surface area contributed by atoms with Crippen LogP contribution >= 0.6 is 0 Å². The Morgan fingerprint density at radius 2 is 1.81 bits per heavy atom. The van der Waals surface area contributed by atoms with Crippen molar-refractivity contribution in [3.8, 4) is 0 Å². The second-order valence-corrected chi connectivity index (χ2v) is 7.89. The van der Waals surface area contributed by atoms with Crippen LogP contribution in [0.2, 0.25) is 0 Å². The first-order valence-corrected chi connectivity index (χ1v) is 9.58. The number of carbonyl (C=O) groups is 2. The number of hydrogen-bond donors (Lipinski definition) is 0. The van der Waals surface area contributed by atoms with E-state index in [1.54, 1.807) is 12.4 Å². The summed E-state index contributed by atoms with van der Waals surface area (Å²) in [4.78, 5) is 33.4. The van der Waals surface area contributed by atoms with Crippen molar-refractivity contribution in [2.45, 2.75) is 32.7 Å². The van der Waals surface area contributed by atoms with Crippen LogP contribution in [0.4, 0.5) is 0 Å². The second kappa shape index (κ2) is 7.14. The quantitative estimate of drug-likeness (QED) is 0.842. The zero-order chi connectivity index (χ0) is 18.9. The number of aromatic nitrogens is 1. The molecule has 1 aromatic carbocycles. The largest absolute Gasteiger partial charge is 0.339 e. The Kier molecular flexibility index (Phi) is 4.68. The highest BCUT2D eigenvalue weighted by atomic mass is 16.2. The Morgan fingerprint density at radius 3 is 2.52 bits per heavy atom. The number of piperidine rings is 1. The molecule has 0 saturated carbocycles. The van der Waals surface area contributed by atoms with Crippen LogP contribution in [0.25, 0.3) is 0 Å². The zero-order valence-electron chi connectivity index (χ0n) is 15.7. The molecule has 2 saturated heterocycles. The second-order valence-electron chi connectivity index (χ2n) is 7.89. The Bertz CT molecular complexity index is 842. The fraction of sp³-hybridized carbons (Fsp3) is 0.409. The predicted octanol–water partition coefficient (Wildman–Crippen LogP) is 3.04. The Balaban J connectivity index is 1.39. The van der Waals surface area contributed by atoms with Gasteiger partial charge in [0, 0.05) is 56.0 Å². The Labute approximate surface area is 160 Å². The average Bonchev–Trinajstić information content (AvgIpc) is 2.98. The first kappa shape index (κ1) is 17.7. The van der Waals surface area contributed by atoms with Crippen molar-refractivity contribution < 1.29 is 9.59 Å². The predicted molar refractivity (Wildman–Crippen MR) is 103 cm³/mol. The van der Waals surface area contributed by atoms with Gasteiger partial charge in [0.1, 0.15) is 0 Å². The summed E-state index contributed by atoms with van der Waals surface area (Å²) in [6.07, 6.45) is 5.92. The van der Waals surface area contributed by atoms with Gasteiger partial charge in [0.15, 0.2) is 0 Å². The average molecular weight is 363 g/mol. The fourth-order valence-electron chi connectivity index (χ4n) is 4.34. The van der Waals surface area contributed by atoms with Crippen molar-refractivity contribution in [1.29, 1.82) is 0 Å². The molecule has 2 amide bonds. The van der Waals surface area contributed by atoms with Gasteiger partial charge in [0.25, 0.3) is 5.91 Å². The summed E-state index contributed by atoms with van der Waals surface area (Å²) in [5.74, 6) is 0.339. The number of pyridine rings is 1. The molecule has 0 bridgehead atoms. The van der Waals surface area contributed by atoms with Crippen LogP contribution in [0.5, 0.6) is 0 Å². The number of rotatable bonds is 3. The summed E-state index contributed by atoms with van der Waals surface area (Å²) in [5, 5.41) is 0. The van der Waals surface area contributed by atoms with Crippen LogP contribution < -0.4 is 0 Å². The number of hydrogen-bond acceptors (Lipinski definition) is 3. The molecule has 3 heterocycles. The number of amides is 2. The lowest BCUT2D eigenvalue weighted by Crippen LogP contribution is -2.44. The first-order valence-electron chi connectivity index (χ1n) is 9.58. The monoisotopic (exact) mass is 363 g/mol. The maximum Gasteiger partial charge on any atom is 0.254 e. The van der Waals surface area contributed by atoms with Gasteiger partial charge in [-0.25, -0.2) is 0 Å². The molecule has 4 rings (SSSR count). The van der Waals surface area contributed by atoms with E-state index >= 15 is 0 Å². The normalized spacial score (nSPS) is 18.9. The SMILES string of the molecule is Cc1ccccc1C(=O)N1CCC2(CC1)CC(=O)N(Cc1ccncc1)C2. The lowest BCUT2D eigenvalue weighted by Gasteiger charge is -2.39. The van der Waals surface area contributed by atoms with Crippen LogP contribution in [0, 0.1) is 12.3 Å². The fourth-order valence-corrected chi connectivity index (χ4v) is 4.34. The molecular weight excluding hydrogens is 338 g/mol. The molecule has 2 aliphatic rings. The van der Waals surface area contributed by atoms with E-state index in [0.29, 0.717) is 13.0 Å². The Hall–Kier alpha value is -2.69. The third kappa shape index (κ3) is 3.59. The smallest absolute Gasteiger partial charge is 0.254 e. The van der Waals surface area contributed by atoms with Crippen molar-refractivity contribution in [1.82, 2.24) is 14.8 Å². The first-order chi connectivity index (χ1) is 13.1. The van der Waals surface area contributed by atoms with E-state index in [9.17, 15) is 9.59 Å². The number of likely N-dealkylation sites (tertiary alicyclic amines) is 2. The number of aryl methyl sites for hydroxylation is 1. The third-order valence-corrected chi connectivity index (χ3v) is 6.01. The van der Waals surface area contributed by atoms with Gasteiger partial charge >= 0.3 is 0 Å². The summed E-state index contributed by atoms with van der Waals surface area (Å²) in [6.45, 7) is 4.87. The highest BCUT2D eigenvalue weighted by molar-refractivity contribution is 5.95. The van der Waals surface area contributed by atoms with Gasteiger partial charge in [-0.2, -0.15) is 0 Å². The highest BCUT2D eigenvalue weighted by Gasteiger charge is 2.45. The van der Waals surface area contributed by atoms with E-state index < -0.39 is 0 Å². The minimum atomic E-state index is 0.0205. The molecule has 2 aliphatic heterocycles. The zero-order valence-corrected chi connectivity index (χ0v) is 15.7. The van der Waals surface area contributed by atoms with Gasteiger partial charge < -0.3 is 9.80 Å². The van der Waals surface area contributed by atoms with Crippen molar-refractivity contribution >= 4 is 11.8 Å². The van der Waals surface area contributed by atoms with Crippen molar-refractivity contribution in [2.24, 2.45) is 5.41 Å². The van der Waals surface area contributed by atoms with E-state index in [4.69, 9.17) is 0 Å². The molecule has 0 aliphatic carbocycles. The lowest BCUT2D eigenvalue weighted by molar-refractivity contribution is -0.128. The van der Waals surface area contributed by atoms with Gasteiger partial charge in [-0.1, -0.05) is 18.2 Å². The summed E-state index contributed by atoms with van der Waals surface area (Å²) < 4.78 is 0. The van der Waals surface area contributed by atoms with Gasteiger partial charge in [-0.05, 0) is 49.1 Å². The summed E-state index contributed by atoms with van der Waals surface area (Å²) in [7, 11) is 0. The Morgan fingerprint density at radius 1 is 1.11 bits per heavy atom. The number of benzene rings is 1. The molecule has 1 aromatic heterocycles. The van der Waals surface area contributed by atoms with Crippen LogP contribution in [0.3, 0.4) is 0 Å². The standard InChI is InChI=1S/C22H25N3O2/c1-17-4-2-3-5-19(17)21(27)24-12-8-22(9-13-24)14-20(26)25(16-22)15-18-6-10-23-11-7-18/h2-7,10-11H,8-9,12-16H2,1H3. The van der Waals surface area contributed by atoms with Gasteiger partial charge in [0.2, 0.25) is 5.91 Å². The molecule has 0 N–H and O–H groups in total. The van der Waals surface area contributed by atoms with Crippen molar-refractivity contribution in [3.05, 3.63) is 65.5 Å².